The normalized spacial score (nSPS) is 13.8. The monoisotopic (exact) mass is 452 g/mol. The summed E-state index contributed by atoms with van der Waals surface area (Å²) in [5.74, 6) is -0.351. The number of nitrogens with zero attached hydrogens (tertiary/aromatic N) is 1. The van der Waals surface area contributed by atoms with Crippen LogP contribution in [-0.2, 0) is 11.3 Å². The van der Waals surface area contributed by atoms with Gasteiger partial charge in [0, 0.05) is 42.3 Å². The summed E-state index contributed by atoms with van der Waals surface area (Å²) in [6.07, 6.45) is 1.77. The van der Waals surface area contributed by atoms with Crippen LogP contribution < -0.4 is 21.7 Å². The first-order valence-electron chi connectivity index (χ1n) is 11.1. The van der Waals surface area contributed by atoms with Crippen LogP contribution in [0.5, 0.6) is 0 Å². The SMILES string of the molecule is CCN(CC)CCNC(=O)c1c(C)[nH]c(C=C2C(=O)Nc3ccc(CNC(N)=O)cc32)c1C. The molecule has 0 bridgehead atoms. The van der Waals surface area contributed by atoms with Gasteiger partial charge in [0.1, 0.15) is 0 Å². The zero-order valence-corrected chi connectivity index (χ0v) is 19.6. The molecule has 1 aromatic heterocycles. The predicted octanol–water partition coefficient (Wildman–Crippen LogP) is 2.36. The molecule has 1 aromatic carbocycles. The second-order valence-corrected chi connectivity index (χ2v) is 8.06. The van der Waals surface area contributed by atoms with E-state index >= 15 is 0 Å². The molecule has 3 rings (SSSR count). The Labute approximate surface area is 193 Å². The molecule has 0 aliphatic carbocycles. The van der Waals surface area contributed by atoms with Gasteiger partial charge in [-0.2, -0.15) is 0 Å². The highest BCUT2D eigenvalue weighted by Gasteiger charge is 2.26. The molecule has 0 fully saturated rings. The van der Waals surface area contributed by atoms with Gasteiger partial charge >= 0.3 is 6.03 Å². The first kappa shape index (κ1) is 24.1. The lowest BCUT2D eigenvalue weighted by atomic mass is 10.0. The first-order chi connectivity index (χ1) is 15.7. The van der Waals surface area contributed by atoms with Gasteiger partial charge in [0.05, 0.1) is 11.1 Å². The van der Waals surface area contributed by atoms with Gasteiger partial charge in [-0.25, -0.2) is 4.79 Å². The Hall–Kier alpha value is -3.59. The van der Waals surface area contributed by atoms with E-state index < -0.39 is 6.03 Å². The maximum absolute atomic E-state index is 12.8. The average Bonchev–Trinajstić information content (AvgIpc) is 3.24. The van der Waals surface area contributed by atoms with Crippen molar-refractivity contribution >= 4 is 35.2 Å². The number of anilines is 1. The Balaban J connectivity index is 1.83. The molecule has 1 aliphatic rings. The highest BCUT2D eigenvalue weighted by atomic mass is 16.2. The van der Waals surface area contributed by atoms with Crippen LogP contribution in [0.4, 0.5) is 10.5 Å². The van der Waals surface area contributed by atoms with Crippen molar-refractivity contribution in [1.29, 1.82) is 0 Å². The average molecular weight is 453 g/mol. The molecule has 2 heterocycles. The van der Waals surface area contributed by atoms with Gasteiger partial charge in [0.2, 0.25) is 0 Å². The molecule has 1 aliphatic heterocycles. The van der Waals surface area contributed by atoms with Crippen molar-refractivity contribution in [2.24, 2.45) is 5.73 Å². The third-order valence-electron chi connectivity index (χ3n) is 5.93. The molecule has 0 unspecified atom stereocenters. The number of primary amides is 1. The van der Waals surface area contributed by atoms with E-state index in [0.29, 0.717) is 29.1 Å². The van der Waals surface area contributed by atoms with Crippen molar-refractivity contribution in [2.45, 2.75) is 34.2 Å². The summed E-state index contributed by atoms with van der Waals surface area (Å²) >= 11 is 0. The maximum atomic E-state index is 12.8. The van der Waals surface area contributed by atoms with Crippen molar-refractivity contribution in [3.05, 3.63) is 51.8 Å². The van der Waals surface area contributed by atoms with Crippen molar-refractivity contribution in [1.82, 2.24) is 20.5 Å². The number of aryl methyl sites for hydroxylation is 1. The summed E-state index contributed by atoms with van der Waals surface area (Å²) in [6, 6.07) is 4.86. The van der Waals surface area contributed by atoms with Crippen LogP contribution in [0.1, 0.15) is 52.3 Å². The molecule has 176 valence electrons. The number of urea groups is 1. The molecule has 9 heteroatoms. The summed E-state index contributed by atoms with van der Waals surface area (Å²) in [5, 5.41) is 8.40. The van der Waals surface area contributed by atoms with E-state index in [1.54, 1.807) is 12.1 Å². The third-order valence-corrected chi connectivity index (χ3v) is 5.93. The number of amides is 4. The molecular formula is C24H32N6O3. The maximum Gasteiger partial charge on any atom is 0.312 e. The lowest BCUT2D eigenvalue weighted by Gasteiger charge is -2.18. The molecule has 0 spiro atoms. The lowest BCUT2D eigenvalue weighted by molar-refractivity contribution is -0.110. The Morgan fingerprint density at radius 3 is 2.55 bits per heavy atom. The number of aromatic nitrogens is 1. The summed E-state index contributed by atoms with van der Waals surface area (Å²) in [6.45, 7) is 11.4. The molecule has 33 heavy (non-hydrogen) atoms. The van der Waals surface area contributed by atoms with E-state index in [9.17, 15) is 14.4 Å². The molecule has 0 saturated carbocycles. The minimum atomic E-state index is -0.610. The van der Waals surface area contributed by atoms with E-state index in [0.717, 1.165) is 42.0 Å². The molecular weight excluding hydrogens is 420 g/mol. The smallest absolute Gasteiger partial charge is 0.312 e. The molecule has 9 nitrogen and oxygen atoms in total. The van der Waals surface area contributed by atoms with Crippen molar-refractivity contribution < 1.29 is 14.4 Å². The highest BCUT2D eigenvalue weighted by Crippen LogP contribution is 2.34. The van der Waals surface area contributed by atoms with E-state index in [1.807, 2.05) is 26.0 Å². The van der Waals surface area contributed by atoms with E-state index in [4.69, 9.17) is 5.73 Å². The minimum absolute atomic E-state index is 0.130. The van der Waals surface area contributed by atoms with Crippen molar-refractivity contribution in [3.63, 3.8) is 0 Å². The Kier molecular flexibility index (Phi) is 7.55. The van der Waals surface area contributed by atoms with Gasteiger partial charge in [-0.05, 0) is 56.3 Å². The molecule has 0 atom stereocenters. The number of carbonyl (C=O) groups is 3. The van der Waals surface area contributed by atoms with E-state index in [1.165, 1.54) is 0 Å². The number of aromatic amines is 1. The molecule has 6 N–H and O–H groups in total. The van der Waals surface area contributed by atoms with Crippen LogP contribution in [-0.4, -0.2) is 53.9 Å². The fraction of sp³-hybridized carbons (Fsp3) is 0.375. The Morgan fingerprint density at radius 2 is 1.88 bits per heavy atom. The zero-order chi connectivity index (χ0) is 24.1. The second-order valence-electron chi connectivity index (χ2n) is 8.06. The second kappa shape index (κ2) is 10.4. The van der Waals surface area contributed by atoms with Crippen LogP contribution >= 0.6 is 0 Å². The molecule has 2 aromatic rings. The molecule has 4 amide bonds. The lowest BCUT2D eigenvalue weighted by Crippen LogP contribution is -2.35. The Bertz CT molecular complexity index is 1100. The van der Waals surface area contributed by atoms with Crippen LogP contribution in [0.2, 0.25) is 0 Å². The standard InChI is InChI=1S/C24H32N6O3/c1-5-30(6-2)10-9-26-23(32)21-14(3)20(28-15(21)4)12-18-17-11-16(13-27-24(25)33)7-8-19(17)29-22(18)31/h7-8,11-12,28H,5-6,9-10,13H2,1-4H3,(H,26,32)(H,29,31)(H3,25,27,33). The number of likely N-dealkylation sites (N-methyl/N-ethyl adjacent to an activating group) is 1. The van der Waals surface area contributed by atoms with Gasteiger partial charge in [0.25, 0.3) is 11.8 Å². The molecule has 0 saturated heterocycles. The van der Waals surface area contributed by atoms with Gasteiger partial charge < -0.3 is 31.6 Å². The topological polar surface area (TPSA) is 132 Å². The summed E-state index contributed by atoms with van der Waals surface area (Å²) < 4.78 is 0. The summed E-state index contributed by atoms with van der Waals surface area (Å²) in [7, 11) is 0. The summed E-state index contributed by atoms with van der Waals surface area (Å²) in [4.78, 5) is 42.0. The number of hydrogen-bond acceptors (Lipinski definition) is 4. The number of fused-ring (bicyclic) bond motifs is 1. The third kappa shape index (κ3) is 5.43. The predicted molar refractivity (Wildman–Crippen MR) is 130 cm³/mol. The van der Waals surface area contributed by atoms with Gasteiger partial charge in [-0.3, -0.25) is 9.59 Å². The van der Waals surface area contributed by atoms with Crippen molar-refractivity contribution in [2.75, 3.05) is 31.5 Å². The van der Waals surface area contributed by atoms with Gasteiger partial charge in [-0.1, -0.05) is 19.9 Å². The van der Waals surface area contributed by atoms with Crippen molar-refractivity contribution in [3.8, 4) is 0 Å². The molecule has 0 radical (unpaired) electrons. The fourth-order valence-electron chi connectivity index (χ4n) is 4.04. The highest BCUT2D eigenvalue weighted by molar-refractivity contribution is 6.35. The number of nitrogens with one attached hydrogen (secondary N) is 4. The number of hydrogen-bond donors (Lipinski definition) is 5. The fourth-order valence-corrected chi connectivity index (χ4v) is 4.04. The van der Waals surface area contributed by atoms with Crippen LogP contribution in [0, 0.1) is 13.8 Å². The quantitative estimate of drug-likeness (QED) is 0.374. The van der Waals surface area contributed by atoms with Crippen LogP contribution in [0.15, 0.2) is 18.2 Å². The minimum Gasteiger partial charge on any atom is -0.358 e. The Morgan fingerprint density at radius 1 is 1.15 bits per heavy atom. The van der Waals surface area contributed by atoms with Gasteiger partial charge in [0.15, 0.2) is 0 Å². The number of H-pyrrole nitrogens is 1. The van der Waals surface area contributed by atoms with Gasteiger partial charge in [-0.15, -0.1) is 0 Å². The number of rotatable bonds is 9. The van der Waals surface area contributed by atoms with E-state index in [-0.39, 0.29) is 18.4 Å². The largest absolute Gasteiger partial charge is 0.358 e. The number of benzene rings is 1. The number of carbonyl (C=O) groups excluding carboxylic acids is 3. The number of nitrogens with two attached hydrogens (primary N) is 1. The van der Waals surface area contributed by atoms with Crippen LogP contribution in [0.25, 0.3) is 11.6 Å². The first-order valence-corrected chi connectivity index (χ1v) is 11.1. The van der Waals surface area contributed by atoms with Crippen LogP contribution in [0.3, 0.4) is 0 Å². The summed E-state index contributed by atoms with van der Waals surface area (Å²) in [5.41, 5.74) is 10.7. The van der Waals surface area contributed by atoms with E-state index in [2.05, 4.69) is 39.7 Å². The zero-order valence-electron chi connectivity index (χ0n) is 19.6.